The fourth-order valence-electron chi connectivity index (χ4n) is 0.0569. The molecule has 0 saturated heterocycles. The van der Waals surface area contributed by atoms with Crippen LogP contribution in [-0.4, -0.2) is 13.7 Å². The summed E-state index contributed by atoms with van der Waals surface area (Å²) in [6.45, 7) is 0. The summed E-state index contributed by atoms with van der Waals surface area (Å²) in [5.74, 6) is 0. The van der Waals surface area contributed by atoms with Crippen molar-refractivity contribution in [3.05, 3.63) is 0 Å². The maximum absolute atomic E-state index is 9.93. The van der Waals surface area contributed by atoms with E-state index in [0.717, 1.165) is 21.2 Å². The van der Waals surface area contributed by atoms with Crippen molar-refractivity contribution in [3.8, 4) is 0 Å². The van der Waals surface area contributed by atoms with Crippen LogP contribution in [0.15, 0.2) is 0 Å². The molecule has 0 aliphatic carbocycles. The molecule has 0 fully saturated rings. The molecule has 0 aliphatic heterocycles. The van der Waals surface area contributed by atoms with Gasteiger partial charge in [0, 0.05) is 0 Å². The van der Waals surface area contributed by atoms with Gasteiger partial charge in [-0.05, 0) is 15.1 Å². The maximum atomic E-state index is 9.93. The minimum Gasteiger partial charge on any atom is -0.219 e. The molecule has 56 valence electrons. The van der Waals surface area contributed by atoms with Crippen LogP contribution < -0.4 is 0 Å². The highest BCUT2D eigenvalue weighted by molar-refractivity contribution is 14.2. The van der Waals surface area contributed by atoms with Gasteiger partial charge in [0.25, 0.3) is 0 Å². The smallest absolute Gasteiger partial charge is 0.219 e. The van der Waals surface area contributed by atoms with Crippen LogP contribution in [-0.2, 0) is 26.7 Å². The first-order valence-corrected chi connectivity index (χ1v) is 5.29. The Kier molecular flexibility index (Phi) is 4.55. The van der Waals surface area contributed by atoms with Gasteiger partial charge in [-0.2, -0.15) is 8.42 Å². The van der Waals surface area contributed by atoms with Gasteiger partial charge in [0.2, 0.25) is 0 Å². The average molecular weight is 272 g/mol. The number of rotatable bonds is 4. The zero-order valence-electron chi connectivity index (χ0n) is 3.68. The summed E-state index contributed by atoms with van der Waals surface area (Å²) in [5, 5.41) is 16.6. The summed E-state index contributed by atoms with van der Waals surface area (Å²) >= 11 is 0.924. The Labute approximate surface area is 61.9 Å². The molecular weight excluding hydrogens is 271 g/mol. The number of halogens is 1. The molecule has 0 aromatic rings. The quantitative estimate of drug-likeness (QED) is 0.252. The second kappa shape index (κ2) is 4.32. The van der Waals surface area contributed by atoms with E-state index in [0.29, 0.717) is 0 Å². The first-order valence-electron chi connectivity index (χ1n) is 1.34. The monoisotopic (exact) mass is 272 g/mol. The van der Waals surface area contributed by atoms with Gasteiger partial charge in [0.15, 0.2) is 0 Å². The van der Waals surface area contributed by atoms with Gasteiger partial charge < -0.3 is 0 Å². The highest BCUT2D eigenvalue weighted by atomic mass is 127. The summed E-state index contributed by atoms with van der Waals surface area (Å²) in [7, 11) is -3.76. The van der Waals surface area contributed by atoms with Crippen LogP contribution in [0.1, 0.15) is 0 Å². The second-order valence-electron chi connectivity index (χ2n) is 0.672. The molecule has 0 amide bonds. The van der Waals surface area contributed by atoms with Crippen molar-refractivity contribution in [1.29, 1.82) is 0 Å². The molecular formula is HIO7S. The Morgan fingerprint density at radius 1 is 1.33 bits per heavy atom. The highest BCUT2D eigenvalue weighted by Crippen LogP contribution is 2.03. The van der Waals surface area contributed by atoms with Gasteiger partial charge >= 0.3 is 7.29 Å². The molecule has 7 nitrogen and oxygen atoms in total. The van der Waals surface area contributed by atoms with E-state index < -0.39 is 7.29 Å². The molecule has 0 bridgehead atoms. The standard InChI is InChI=1S/HIO7S/c1-9(3,4)8-7-6-5-2/h2H. The van der Waals surface area contributed by atoms with Gasteiger partial charge in [-0.15, -0.1) is 0 Å². The fourth-order valence-corrected chi connectivity index (χ4v) is 0.326. The van der Waals surface area contributed by atoms with E-state index >= 15 is 0 Å². The molecule has 9 heteroatoms. The molecule has 0 radical (unpaired) electrons. The van der Waals surface area contributed by atoms with E-state index in [9.17, 15) is 8.42 Å². The topological polar surface area (TPSA) is 91.3 Å². The predicted octanol–water partition coefficient (Wildman–Crippen LogP) is -0.0494. The van der Waals surface area contributed by atoms with Crippen molar-refractivity contribution >= 4 is 28.5 Å². The van der Waals surface area contributed by atoms with Crippen LogP contribution in [0.4, 0.5) is 0 Å². The molecule has 0 spiro atoms. The van der Waals surface area contributed by atoms with Crippen LogP contribution in [0.25, 0.3) is 0 Å². The van der Waals surface area contributed by atoms with E-state index in [1.807, 2.05) is 0 Å². The lowest BCUT2D eigenvalue weighted by atomic mass is 14.3. The largest absolute Gasteiger partial charge is 0.349 e. The van der Waals surface area contributed by atoms with E-state index in [4.69, 9.17) is 5.26 Å². The first kappa shape index (κ1) is 9.48. The van der Waals surface area contributed by atoms with E-state index in [-0.39, 0.29) is 0 Å². The molecule has 0 aliphatic rings. The Hall–Kier alpha value is 0.480. The lowest BCUT2D eigenvalue weighted by Gasteiger charge is -1.91. The molecule has 0 rings (SSSR count). The molecule has 0 saturated carbocycles. The minimum atomic E-state index is -3.76. The number of hydrogen-bond acceptors (Lipinski definition) is 7. The summed E-state index contributed by atoms with van der Waals surface area (Å²) in [4.78, 5) is 0. The summed E-state index contributed by atoms with van der Waals surface area (Å²) in [5.41, 5.74) is 0. The van der Waals surface area contributed by atoms with Crippen LogP contribution in [0, 0.1) is 0 Å². The third-order valence-corrected chi connectivity index (χ3v) is 0.826. The fraction of sp³-hybridized carbons (Fsp3) is 0. The van der Waals surface area contributed by atoms with Gasteiger partial charge in [-0.25, -0.2) is 5.26 Å². The molecule has 0 aromatic carbocycles. The van der Waals surface area contributed by atoms with E-state index in [1.165, 1.54) is 0 Å². The minimum absolute atomic E-state index is 0.924. The maximum Gasteiger partial charge on any atom is 0.349 e. The van der Waals surface area contributed by atoms with Gasteiger partial charge in [-0.3, -0.25) is 0 Å². The van der Waals surface area contributed by atoms with Gasteiger partial charge in [0.05, 0.1) is 0 Å². The molecule has 0 heterocycles. The Bertz CT molecular complexity index is 144. The molecule has 0 atom stereocenters. The van der Waals surface area contributed by atoms with Gasteiger partial charge in [-0.1, -0.05) is 4.33 Å². The van der Waals surface area contributed by atoms with Crippen LogP contribution in [0.2, 0.25) is 0 Å². The second-order valence-corrected chi connectivity index (χ2v) is 4.83. The predicted molar refractivity (Wildman–Crippen MR) is 29.9 cm³/mol. The van der Waals surface area contributed by atoms with Gasteiger partial charge in [0.1, 0.15) is 21.2 Å². The average Bonchev–Trinajstić information content (AvgIpc) is 1.63. The highest BCUT2D eigenvalue weighted by Gasteiger charge is 2.05. The van der Waals surface area contributed by atoms with Crippen molar-refractivity contribution in [3.63, 3.8) is 0 Å². The lowest BCUT2D eigenvalue weighted by molar-refractivity contribution is -0.683. The molecule has 0 aromatic heterocycles. The third-order valence-electron chi connectivity index (χ3n) is 0.167. The normalized spacial score (nSPS) is 11.8. The van der Waals surface area contributed by atoms with Crippen LogP contribution in [0.5, 0.6) is 0 Å². The zero-order valence-corrected chi connectivity index (χ0v) is 6.66. The third kappa shape index (κ3) is 8.48. The first-order chi connectivity index (χ1) is 4.06. The Morgan fingerprint density at radius 2 is 1.89 bits per heavy atom. The van der Waals surface area contributed by atoms with Crippen LogP contribution in [0.3, 0.4) is 0 Å². The Balaban J connectivity index is 3.30. The van der Waals surface area contributed by atoms with Crippen molar-refractivity contribution in [2.75, 3.05) is 0 Å². The van der Waals surface area contributed by atoms with Crippen LogP contribution >= 0.6 is 21.2 Å². The SMILES string of the molecule is O=S(=O)(I)OOOOO. The summed E-state index contributed by atoms with van der Waals surface area (Å²) in [6, 6.07) is 0. The number of hydrogen-bond donors (Lipinski definition) is 1. The van der Waals surface area contributed by atoms with Crippen molar-refractivity contribution in [2.24, 2.45) is 0 Å². The van der Waals surface area contributed by atoms with Crippen molar-refractivity contribution < 1.29 is 33.1 Å². The molecule has 0 unspecified atom stereocenters. The zero-order chi connectivity index (χ0) is 7.33. The van der Waals surface area contributed by atoms with Crippen molar-refractivity contribution in [2.45, 2.75) is 0 Å². The van der Waals surface area contributed by atoms with Crippen molar-refractivity contribution in [1.82, 2.24) is 0 Å². The summed E-state index contributed by atoms with van der Waals surface area (Å²) < 4.78 is 23.3. The van der Waals surface area contributed by atoms with E-state index in [1.54, 1.807) is 0 Å². The summed E-state index contributed by atoms with van der Waals surface area (Å²) in [6.07, 6.45) is 0. The Morgan fingerprint density at radius 3 is 2.22 bits per heavy atom. The molecule has 9 heavy (non-hydrogen) atoms. The lowest BCUT2D eigenvalue weighted by Crippen LogP contribution is -1.98. The molecule has 1 N–H and O–H groups in total. The van der Waals surface area contributed by atoms with E-state index in [2.05, 4.69) is 19.4 Å².